The van der Waals surface area contributed by atoms with Crippen molar-refractivity contribution in [3.05, 3.63) is 99.7 Å². The highest BCUT2D eigenvalue weighted by molar-refractivity contribution is 7.92. The number of sulfone groups is 1. The summed E-state index contributed by atoms with van der Waals surface area (Å²) in [4.78, 5) is 28.4. The van der Waals surface area contributed by atoms with Gasteiger partial charge in [0.15, 0.2) is 0 Å². The molecule has 0 aliphatic heterocycles. The number of carbonyl (C=O) groups excluding carboxylic acids is 1. The molecule has 0 spiro atoms. The first-order valence-corrected chi connectivity index (χ1v) is 12.2. The van der Waals surface area contributed by atoms with Crippen molar-refractivity contribution in [1.29, 1.82) is 0 Å². The van der Waals surface area contributed by atoms with Crippen LogP contribution in [-0.2, 0) is 16.4 Å². The van der Waals surface area contributed by atoms with E-state index in [1.165, 1.54) is 18.3 Å². The SMILES string of the molecule is O=C(Nc1cc(Cn2cc(O)n(-c3ccc(S(=O)(=O)C(F)(F)F)cc3)c2=O)ccn1)c1ccccc1Cl. The Kier molecular flexibility index (Phi) is 6.84. The third-order valence-electron chi connectivity index (χ3n) is 5.18. The Bertz CT molecular complexity index is 1650. The van der Waals surface area contributed by atoms with Gasteiger partial charge in [0.2, 0.25) is 5.88 Å². The zero-order valence-corrected chi connectivity index (χ0v) is 20.0. The number of pyridine rings is 1. The van der Waals surface area contributed by atoms with Gasteiger partial charge < -0.3 is 10.4 Å². The number of rotatable bonds is 6. The Labute approximate surface area is 212 Å². The van der Waals surface area contributed by atoms with Crippen molar-refractivity contribution in [3.8, 4) is 11.6 Å². The fourth-order valence-corrected chi connectivity index (χ4v) is 4.39. The minimum absolute atomic E-state index is 0.0511. The highest BCUT2D eigenvalue weighted by atomic mass is 35.5. The second-order valence-corrected chi connectivity index (χ2v) is 10.0. The summed E-state index contributed by atoms with van der Waals surface area (Å²) in [7, 11) is -5.56. The number of imidazole rings is 1. The molecule has 2 N–H and O–H groups in total. The summed E-state index contributed by atoms with van der Waals surface area (Å²) in [5.74, 6) is -0.842. The van der Waals surface area contributed by atoms with E-state index in [9.17, 15) is 36.3 Å². The number of halogens is 4. The van der Waals surface area contributed by atoms with Crippen LogP contribution >= 0.6 is 11.6 Å². The van der Waals surface area contributed by atoms with Gasteiger partial charge in [-0.3, -0.25) is 9.36 Å². The summed E-state index contributed by atoms with van der Waals surface area (Å²) in [6.07, 6.45) is 2.50. The standard InChI is InChI=1S/C23H16ClF3N4O5S/c24-18-4-2-1-3-17(18)21(33)29-19-11-14(9-10-28-19)12-30-13-20(32)31(22(30)34)15-5-7-16(8-6-15)37(35,36)23(25,26)27/h1-11,13,32H,12H2,(H,28,29,33). The first kappa shape index (κ1) is 26.0. The van der Waals surface area contributed by atoms with Gasteiger partial charge in [-0.1, -0.05) is 23.7 Å². The fraction of sp³-hybridized carbons (Fsp3) is 0.0870. The first-order valence-electron chi connectivity index (χ1n) is 10.3. The number of aromatic nitrogens is 3. The topological polar surface area (TPSA) is 123 Å². The zero-order chi connectivity index (χ0) is 27.0. The fourth-order valence-electron chi connectivity index (χ4n) is 3.41. The van der Waals surface area contributed by atoms with Crippen molar-refractivity contribution in [3.63, 3.8) is 0 Å². The molecule has 4 aromatic rings. The summed E-state index contributed by atoms with van der Waals surface area (Å²) in [6.45, 7) is -0.0581. The van der Waals surface area contributed by atoms with E-state index in [2.05, 4.69) is 10.3 Å². The second-order valence-electron chi connectivity index (χ2n) is 7.66. The van der Waals surface area contributed by atoms with Gasteiger partial charge in [0.05, 0.1) is 33.9 Å². The van der Waals surface area contributed by atoms with Crippen molar-refractivity contribution in [2.75, 3.05) is 5.32 Å². The number of alkyl halides is 3. The Morgan fingerprint density at radius 2 is 1.76 bits per heavy atom. The molecule has 2 heterocycles. The Balaban J connectivity index is 1.57. The number of hydrogen-bond donors (Lipinski definition) is 2. The monoisotopic (exact) mass is 552 g/mol. The van der Waals surface area contributed by atoms with Gasteiger partial charge in [0.1, 0.15) is 5.82 Å². The van der Waals surface area contributed by atoms with Crippen molar-refractivity contribution in [1.82, 2.24) is 14.1 Å². The number of nitrogens with zero attached hydrogens (tertiary/aromatic N) is 3. The molecule has 2 aromatic heterocycles. The first-order chi connectivity index (χ1) is 17.4. The molecule has 0 saturated heterocycles. The molecule has 2 aromatic carbocycles. The van der Waals surface area contributed by atoms with Crippen LogP contribution in [0.1, 0.15) is 15.9 Å². The number of amides is 1. The van der Waals surface area contributed by atoms with Crippen LogP contribution in [0.25, 0.3) is 5.69 Å². The van der Waals surface area contributed by atoms with E-state index in [4.69, 9.17) is 11.6 Å². The number of aromatic hydroxyl groups is 1. The largest absolute Gasteiger partial charge is 0.501 e. The van der Waals surface area contributed by atoms with Crippen molar-refractivity contribution in [2.24, 2.45) is 0 Å². The molecule has 0 atom stereocenters. The van der Waals surface area contributed by atoms with Crippen molar-refractivity contribution >= 4 is 33.2 Å². The number of carbonyl (C=O) groups is 1. The maximum Gasteiger partial charge on any atom is 0.501 e. The van der Waals surface area contributed by atoms with Gasteiger partial charge in [-0.25, -0.2) is 22.8 Å². The van der Waals surface area contributed by atoms with Crippen LogP contribution in [0.3, 0.4) is 0 Å². The van der Waals surface area contributed by atoms with Crippen LogP contribution < -0.4 is 11.0 Å². The molecule has 0 bridgehead atoms. The van der Waals surface area contributed by atoms with Gasteiger partial charge in [-0.05, 0) is 54.1 Å². The van der Waals surface area contributed by atoms with Gasteiger partial charge in [-0.15, -0.1) is 0 Å². The molecule has 192 valence electrons. The van der Waals surface area contributed by atoms with Crippen LogP contribution in [0.4, 0.5) is 19.0 Å². The van der Waals surface area contributed by atoms with Gasteiger partial charge >= 0.3 is 11.2 Å². The summed E-state index contributed by atoms with van der Waals surface area (Å²) in [5, 5.41) is 13.1. The Hall–Kier alpha value is -4.10. The summed E-state index contributed by atoms with van der Waals surface area (Å²) in [5.41, 5.74) is -5.52. The third-order valence-corrected chi connectivity index (χ3v) is 7.02. The lowest BCUT2D eigenvalue weighted by molar-refractivity contribution is -0.0436. The lowest BCUT2D eigenvalue weighted by Crippen LogP contribution is -2.24. The quantitative estimate of drug-likeness (QED) is 0.373. The lowest BCUT2D eigenvalue weighted by atomic mass is 10.2. The Morgan fingerprint density at radius 3 is 2.41 bits per heavy atom. The van der Waals surface area contributed by atoms with Gasteiger partial charge in [0.25, 0.3) is 15.7 Å². The smallest absolute Gasteiger partial charge is 0.493 e. The highest BCUT2D eigenvalue weighted by Crippen LogP contribution is 2.30. The van der Waals surface area contributed by atoms with E-state index < -0.39 is 37.7 Å². The van der Waals surface area contributed by atoms with Crippen LogP contribution in [-0.4, -0.2) is 39.1 Å². The van der Waals surface area contributed by atoms with E-state index in [1.54, 1.807) is 24.3 Å². The molecule has 1 amide bonds. The molecule has 0 aliphatic carbocycles. The maximum absolute atomic E-state index is 12.9. The molecule has 0 aliphatic rings. The number of benzene rings is 2. The average molecular weight is 553 g/mol. The molecular weight excluding hydrogens is 537 g/mol. The molecule has 14 heteroatoms. The predicted octanol–water partition coefficient (Wildman–Crippen LogP) is 3.99. The second kappa shape index (κ2) is 9.75. The van der Waals surface area contributed by atoms with Gasteiger partial charge in [0, 0.05) is 6.20 Å². The molecule has 0 radical (unpaired) electrons. The molecule has 37 heavy (non-hydrogen) atoms. The summed E-state index contributed by atoms with van der Waals surface area (Å²) in [6, 6.07) is 12.8. The van der Waals surface area contributed by atoms with Crippen molar-refractivity contribution in [2.45, 2.75) is 16.9 Å². The molecular formula is C23H16ClF3N4O5S. The normalized spacial score (nSPS) is 11.9. The van der Waals surface area contributed by atoms with Crippen molar-refractivity contribution < 1.29 is 31.5 Å². The zero-order valence-electron chi connectivity index (χ0n) is 18.5. The van der Waals surface area contributed by atoms with E-state index >= 15 is 0 Å². The van der Waals surface area contributed by atoms with Crippen LogP contribution in [0, 0.1) is 0 Å². The van der Waals surface area contributed by atoms with E-state index in [1.807, 2.05) is 0 Å². The molecule has 0 saturated carbocycles. The molecule has 0 fully saturated rings. The lowest BCUT2D eigenvalue weighted by Gasteiger charge is -2.09. The number of hydrogen-bond acceptors (Lipinski definition) is 6. The van der Waals surface area contributed by atoms with E-state index in [-0.39, 0.29) is 28.6 Å². The predicted molar refractivity (Wildman–Crippen MR) is 128 cm³/mol. The average Bonchev–Trinajstić information content (AvgIpc) is 3.11. The molecule has 0 unspecified atom stereocenters. The van der Waals surface area contributed by atoms with Crippen LogP contribution in [0.15, 0.2) is 82.7 Å². The summed E-state index contributed by atoms with van der Waals surface area (Å²) >= 11 is 6.03. The van der Waals surface area contributed by atoms with E-state index in [0.29, 0.717) is 17.7 Å². The van der Waals surface area contributed by atoms with Crippen LogP contribution in [0.2, 0.25) is 5.02 Å². The molecule has 4 rings (SSSR count). The maximum atomic E-state index is 12.9. The van der Waals surface area contributed by atoms with E-state index in [0.717, 1.165) is 27.5 Å². The highest BCUT2D eigenvalue weighted by Gasteiger charge is 2.46. The minimum Gasteiger partial charge on any atom is -0.493 e. The molecule has 9 nitrogen and oxygen atoms in total. The Morgan fingerprint density at radius 1 is 1.08 bits per heavy atom. The minimum atomic E-state index is -5.56. The van der Waals surface area contributed by atoms with Crippen LogP contribution in [0.5, 0.6) is 5.88 Å². The number of anilines is 1. The number of nitrogens with one attached hydrogen (secondary N) is 1. The third kappa shape index (κ3) is 5.22. The summed E-state index contributed by atoms with van der Waals surface area (Å²) < 4.78 is 63.3. The van der Waals surface area contributed by atoms with Gasteiger partial charge in [-0.2, -0.15) is 13.2 Å².